The van der Waals surface area contributed by atoms with Gasteiger partial charge in [-0.3, -0.25) is 0 Å². The molecule has 0 rings (SSSR count). The number of halogens is 2. The number of nitrogens with zero attached hydrogens (tertiary/aromatic N) is 1. The fraction of sp³-hybridized carbons (Fsp3) is 0.500. The summed E-state index contributed by atoms with van der Waals surface area (Å²) in [5.41, 5.74) is 1.13. The van der Waals surface area contributed by atoms with Gasteiger partial charge in [-0.2, -0.15) is 4.91 Å². The second kappa shape index (κ2) is 3.87. The second-order valence-electron chi connectivity index (χ2n) is 1.28. The van der Waals surface area contributed by atoms with Crippen LogP contribution < -0.4 is 0 Å². The maximum absolute atomic E-state index is 9.67. The molecule has 0 aliphatic heterocycles. The fourth-order valence-corrected chi connectivity index (χ4v) is 0.364. The summed E-state index contributed by atoms with van der Waals surface area (Å²) in [6.07, 6.45) is 0. The topological polar surface area (TPSA) is 29.4 Å². The third-order valence-electron chi connectivity index (χ3n) is 0.661. The van der Waals surface area contributed by atoms with Crippen LogP contribution in [0.3, 0.4) is 0 Å². The molecule has 0 aliphatic rings. The molecule has 0 N–H and O–H groups in total. The zero-order valence-electron chi connectivity index (χ0n) is 4.27. The van der Waals surface area contributed by atoms with Crippen molar-refractivity contribution in [3.05, 3.63) is 15.5 Å². The predicted octanol–water partition coefficient (Wildman–Crippen LogP) is 2.46. The van der Waals surface area contributed by atoms with E-state index in [1.54, 1.807) is 6.92 Å². The first-order chi connectivity index (χ1) is 3.72. The highest BCUT2D eigenvalue weighted by molar-refractivity contribution is 6.36. The lowest BCUT2D eigenvalue weighted by atomic mass is 10.4. The Morgan fingerprint density at radius 2 is 2.38 bits per heavy atom. The first kappa shape index (κ1) is 7.92. The summed E-state index contributed by atoms with van der Waals surface area (Å²) in [7, 11) is 0. The van der Waals surface area contributed by atoms with Gasteiger partial charge in [0.2, 0.25) is 0 Å². The Hall–Kier alpha value is -0.0800. The van der Waals surface area contributed by atoms with Gasteiger partial charge in [0.05, 0.1) is 5.03 Å². The van der Waals surface area contributed by atoms with Gasteiger partial charge in [-0.25, -0.2) is 0 Å². The molecule has 0 saturated carbocycles. The minimum atomic E-state index is -0.519. The Morgan fingerprint density at radius 1 is 1.88 bits per heavy atom. The highest BCUT2D eigenvalue weighted by Crippen LogP contribution is 2.11. The van der Waals surface area contributed by atoms with E-state index >= 15 is 0 Å². The number of hydrogen-bond donors (Lipinski definition) is 0. The lowest BCUT2D eigenvalue weighted by Gasteiger charge is -1.94. The van der Waals surface area contributed by atoms with Crippen molar-refractivity contribution >= 4 is 23.2 Å². The van der Waals surface area contributed by atoms with Crippen molar-refractivity contribution in [2.45, 2.75) is 13.0 Å². The summed E-state index contributed by atoms with van der Waals surface area (Å²) in [6, 6.07) is -0.519. The second-order valence-corrected chi connectivity index (χ2v) is 1.93. The Bertz CT molecular complexity index is 113. The standard InChI is InChI=1S/C4H5Cl2NO/c1-3(7-8)4(6)2-5/h2-3H,1H3. The first-order valence-corrected chi connectivity index (χ1v) is 2.82. The molecular formula is C4H5Cl2NO. The molecule has 0 aromatic rings. The van der Waals surface area contributed by atoms with Crippen LogP contribution in [0.15, 0.2) is 15.7 Å². The van der Waals surface area contributed by atoms with Crippen LogP contribution in [0, 0.1) is 4.91 Å². The Labute approximate surface area is 57.4 Å². The molecule has 0 heterocycles. The Morgan fingerprint density at radius 3 is 2.50 bits per heavy atom. The molecule has 0 saturated heterocycles. The Kier molecular flexibility index (Phi) is 3.83. The third kappa shape index (κ3) is 2.28. The SMILES string of the molecule is CC(N=O)C(Cl)=CCl. The lowest BCUT2D eigenvalue weighted by Crippen LogP contribution is -1.93. The summed E-state index contributed by atoms with van der Waals surface area (Å²) in [5.74, 6) is 0. The van der Waals surface area contributed by atoms with Gasteiger partial charge in [0.15, 0.2) is 0 Å². The minimum Gasteiger partial charge on any atom is -0.150 e. The van der Waals surface area contributed by atoms with Gasteiger partial charge in [0.1, 0.15) is 6.04 Å². The van der Waals surface area contributed by atoms with E-state index in [2.05, 4.69) is 5.18 Å². The zero-order valence-corrected chi connectivity index (χ0v) is 5.78. The Balaban J connectivity index is 3.81. The van der Waals surface area contributed by atoms with Gasteiger partial charge in [0, 0.05) is 5.54 Å². The van der Waals surface area contributed by atoms with Crippen LogP contribution in [0.1, 0.15) is 6.92 Å². The number of hydrogen-bond acceptors (Lipinski definition) is 2. The molecule has 0 aromatic carbocycles. The van der Waals surface area contributed by atoms with Crippen molar-refractivity contribution in [3.63, 3.8) is 0 Å². The summed E-state index contributed by atoms with van der Waals surface area (Å²) in [5, 5.41) is 2.89. The smallest absolute Gasteiger partial charge is 0.125 e. The predicted molar refractivity (Wildman–Crippen MR) is 35.0 cm³/mol. The van der Waals surface area contributed by atoms with Crippen LogP contribution in [-0.2, 0) is 0 Å². The van der Waals surface area contributed by atoms with Crippen molar-refractivity contribution in [2.24, 2.45) is 5.18 Å². The highest BCUT2D eigenvalue weighted by Gasteiger charge is 2.02. The quantitative estimate of drug-likeness (QED) is 0.561. The number of nitroso groups, excluding NO2 is 1. The molecule has 0 radical (unpaired) electrons. The van der Waals surface area contributed by atoms with Crippen LogP contribution in [0.4, 0.5) is 0 Å². The van der Waals surface area contributed by atoms with Crippen LogP contribution >= 0.6 is 23.2 Å². The van der Waals surface area contributed by atoms with Crippen molar-refractivity contribution in [3.8, 4) is 0 Å². The van der Waals surface area contributed by atoms with Gasteiger partial charge >= 0.3 is 0 Å². The van der Waals surface area contributed by atoms with Gasteiger partial charge in [-0.1, -0.05) is 28.4 Å². The monoisotopic (exact) mass is 153 g/mol. The maximum Gasteiger partial charge on any atom is 0.125 e. The van der Waals surface area contributed by atoms with Crippen LogP contribution in [-0.4, -0.2) is 6.04 Å². The van der Waals surface area contributed by atoms with Crippen molar-refractivity contribution < 1.29 is 0 Å². The van der Waals surface area contributed by atoms with Gasteiger partial charge in [-0.15, -0.1) is 0 Å². The van der Waals surface area contributed by atoms with Crippen LogP contribution in [0.5, 0.6) is 0 Å². The average molecular weight is 154 g/mol. The minimum absolute atomic E-state index is 0.265. The molecule has 0 fully saturated rings. The van der Waals surface area contributed by atoms with E-state index in [-0.39, 0.29) is 5.03 Å². The maximum atomic E-state index is 9.67. The van der Waals surface area contributed by atoms with Crippen molar-refractivity contribution in [2.75, 3.05) is 0 Å². The van der Waals surface area contributed by atoms with Crippen molar-refractivity contribution in [1.29, 1.82) is 0 Å². The molecule has 8 heavy (non-hydrogen) atoms. The fourth-order valence-electron chi connectivity index (χ4n) is 0.142. The van der Waals surface area contributed by atoms with E-state index in [0.717, 1.165) is 5.54 Å². The van der Waals surface area contributed by atoms with Gasteiger partial charge < -0.3 is 0 Å². The molecule has 0 aliphatic carbocycles. The molecule has 1 unspecified atom stereocenters. The van der Waals surface area contributed by atoms with E-state index in [9.17, 15) is 4.91 Å². The van der Waals surface area contributed by atoms with Gasteiger partial charge in [0.25, 0.3) is 0 Å². The molecule has 46 valence electrons. The molecule has 0 aromatic heterocycles. The molecule has 2 nitrogen and oxygen atoms in total. The summed E-state index contributed by atoms with van der Waals surface area (Å²) < 4.78 is 0. The van der Waals surface area contributed by atoms with E-state index in [0.29, 0.717) is 0 Å². The van der Waals surface area contributed by atoms with Crippen LogP contribution in [0.25, 0.3) is 0 Å². The van der Waals surface area contributed by atoms with E-state index in [1.807, 2.05) is 0 Å². The normalized spacial score (nSPS) is 15.6. The average Bonchev–Trinajstić information content (AvgIpc) is 1.84. The molecular weight excluding hydrogens is 149 g/mol. The van der Waals surface area contributed by atoms with E-state index in [4.69, 9.17) is 23.2 Å². The van der Waals surface area contributed by atoms with Crippen molar-refractivity contribution in [1.82, 2.24) is 0 Å². The molecule has 4 heteroatoms. The first-order valence-electron chi connectivity index (χ1n) is 2.00. The molecule has 0 amide bonds. The molecule has 0 bridgehead atoms. The van der Waals surface area contributed by atoms with Gasteiger partial charge in [-0.05, 0) is 6.92 Å². The van der Waals surface area contributed by atoms with Crippen LogP contribution in [0.2, 0.25) is 0 Å². The highest BCUT2D eigenvalue weighted by atomic mass is 35.5. The summed E-state index contributed by atoms with van der Waals surface area (Å²) in [4.78, 5) is 9.67. The zero-order chi connectivity index (χ0) is 6.57. The third-order valence-corrected chi connectivity index (χ3v) is 1.43. The number of rotatable bonds is 2. The largest absolute Gasteiger partial charge is 0.150 e. The summed E-state index contributed by atoms with van der Waals surface area (Å²) >= 11 is 10.5. The van der Waals surface area contributed by atoms with E-state index in [1.165, 1.54) is 0 Å². The molecule has 0 spiro atoms. The lowest BCUT2D eigenvalue weighted by molar-refractivity contribution is 0.900. The molecule has 1 atom stereocenters. The van der Waals surface area contributed by atoms with E-state index < -0.39 is 6.04 Å². The summed E-state index contributed by atoms with van der Waals surface area (Å²) in [6.45, 7) is 1.56.